The van der Waals surface area contributed by atoms with Gasteiger partial charge in [0.1, 0.15) is 12.7 Å². The molecule has 0 fully saturated rings. The zero-order valence-electron chi connectivity index (χ0n) is 22.8. The number of carboxylic acid groups (broad SMARTS) is 1. The van der Waals surface area contributed by atoms with Gasteiger partial charge in [-0.1, -0.05) is 35.4 Å². The van der Waals surface area contributed by atoms with Crippen molar-refractivity contribution in [1.29, 1.82) is 0 Å². The molecular weight excluding hydrogens is 524 g/mol. The number of carboxylic acids is 1. The van der Waals surface area contributed by atoms with Crippen molar-refractivity contribution in [3.63, 3.8) is 0 Å². The van der Waals surface area contributed by atoms with Crippen molar-refractivity contribution >= 4 is 35.7 Å². The maximum Gasteiger partial charge on any atom is 0.332 e. The third kappa shape index (κ3) is 9.12. The summed E-state index contributed by atoms with van der Waals surface area (Å²) in [6, 6.07) is 10.8. The van der Waals surface area contributed by atoms with Crippen molar-refractivity contribution in [2.45, 2.75) is 33.8 Å². The molecule has 0 unspecified atom stereocenters. The van der Waals surface area contributed by atoms with E-state index in [9.17, 15) is 9.59 Å². The molecule has 0 bridgehead atoms. The average Bonchev–Trinajstić information content (AvgIpc) is 3.60. The van der Waals surface area contributed by atoms with Gasteiger partial charge in [0.05, 0.1) is 19.2 Å². The second-order valence-electron chi connectivity index (χ2n) is 8.89. The first-order valence-corrected chi connectivity index (χ1v) is 12.2. The molecule has 12 nitrogen and oxygen atoms in total. The highest BCUT2D eigenvalue weighted by Gasteiger charge is 2.07. The van der Waals surface area contributed by atoms with Gasteiger partial charge in [-0.25, -0.2) is 38.6 Å². The highest BCUT2D eigenvalue weighted by molar-refractivity contribution is 5.85. The lowest BCUT2D eigenvalue weighted by Gasteiger charge is -2.03. The van der Waals surface area contributed by atoms with Crippen molar-refractivity contribution in [1.82, 2.24) is 29.5 Å². The minimum Gasteiger partial charge on any atom is -0.478 e. The zero-order valence-corrected chi connectivity index (χ0v) is 22.8. The van der Waals surface area contributed by atoms with Crippen LogP contribution in [0, 0.1) is 27.0 Å². The monoisotopic (exact) mass is 550 g/mol. The highest BCUT2D eigenvalue weighted by atomic mass is 16.5. The van der Waals surface area contributed by atoms with Gasteiger partial charge in [-0.3, -0.25) is 0 Å². The molecule has 4 rings (SSSR count). The van der Waals surface area contributed by atoms with Crippen molar-refractivity contribution in [3.05, 3.63) is 95.2 Å². The van der Waals surface area contributed by atoms with Gasteiger partial charge in [-0.15, -0.1) is 10.2 Å². The molecule has 0 radical (unpaired) electrons. The fourth-order valence-electron chi connectivity index (χ4n) is 3.42. The molecule has 2 aromatic carbocycles. The first-order chi connectivity index (χ1) is 19.6. The molecule has 0 saturated heterocycles. The summed E-state index contributed by atoms with van der Waals surface area (Å²) in [6.07, 6.45) is 7.78. The number of benzene rings is 2. The van der Waals surface area contributed by atoms with Crippen molar-refractivity contribution < 1.29 is 19.4 Å². The summed E-state index contributed by atoms with van der Waals surface area (Å²) in [6.45, 7) is 21.5. The van der Waals surface area contributed by atoms with Gasteiger partial charge in [-0.05, 0) is 39.8 Å². The third-order valence-electron chi connectivity index (χ3n) is 5.00. The van der Waals surface area contributed by atoms with Crippen LogP contribution in [0.5, 0.6) is 0 Å². The smallest absolute Gasteiger partial charge is 0.332 e. The number of rotatable bonds is 7. The second-order valence-corrected chi connectivity index (χ2v) is 8.89. The van der Waals surface area contributed by atoms with Crippen LogP contribution in [-0.4, -0.2) is 52.7 Å². The molecule has 2 aromatic heterocycles. The first-order valence-electron chi connectivity index (χ1n) is 12.2. The first kappa shape index (κ1) is 29.7. The number of carbonyl (C=O) groups is 2. The SMILES string of the molecule is [C-]#[N+]c1cc(C)cc(-c2ncn(/C=C\C(=O)O)n2)c1.[C-]#[N+]c1cc(C)cc(-c2ncn(/C=C\C(=O)OC(C)C)n2)c1. The van der Waals surface area contributed by atoms with Crippen LogP contribution in [0.1, 0.15) is 25.0 Å². The number of aliphatic carboxylic acids is 1. The average molecular weight is 551 g/mol. The minimum atomic E-state index is -1.05. The van der Waals surface area contributed by atoms with Crippen LogP contribution in [-0.2, 0) is 14.3 Å². The molecule has 0 aliphatic carbocycles. The Morgan fingerprint density at radius 3 is 1.71 bits per heavy atom. The highest BCUT2D eigenvalue weighted by Crippen LogP contribution is 2.24. The second kappa shape index (κ2) is 13.8. The number of esters is 1. The largest absolute Gasteiger partial charge is 0.478 e. The molecular formula is C29H26N8O4. The number of aryl methyl sites for hydroxylation is 2. The van der Waals surface area contributed by atoms with E-state index in [0.29, 0.717) is 23.0 Å². The van der Waals surface area contributed by atoms with Gasteiger partial charge in [0.25, 0.3) is 0 Å². The lowest BCUT2D eigenvalue weighted by molar-refractivity contribution is -0.141. The molecule has 12 heteroatoms. The Morgan fingerprint density at radius 1 is 0.829 bits per heavy atom. The topological polar surface area (TPSA) is 134 Å². The predicted molar refractivity (Wildman–Crippen MR) is 152 cm³/mol. The van der Waals surface area contributed by atoms with Gasteiger partial charge in [-0.2, -0.15) is 0 Å². The molecule has 4 aromatic rings. The fraction of sp³-hybridized carbons (Fsp3) is 0.172. The van der Waals surface area contributed by atoms with Gasteiger partial charge in [0.15, 0.2) is 23.0 Å². The normalized spacial score (nSPS) is 10.7. The van der Waals surface area contributed by atoms with Crippen molar-refractivity contribution in [2.75, 3.05) is 0 Å². The Labute approximate surface area is 236 Å². The lowest BCUT2D eigenvalue weighted by Crippen LogP contribution is -2.08. The Morgan fingerprint density at radius 2 is 1.29 bits per heavy atom. The maximum atomic E-state index is 11.4. The van der Waals surface area contributed by atoms with Crippen LogP contribution in [0.15, 0.2) is 61.2 Å². The number of hydrogen-bond acceptors (Lipinski definition) is 7. The quantitative estimate of drug-likeness (QED) is 0.179. The third-order valence-corrected chi connectivity index (χ3v) is 5.00. The van der Waals surface area contributed by atoms with Crippen LogP contribution >= 0.6 is 0 Å². The van der Waals surface area contributed by atoms with Crippen LogP contribution in [0.4, 0.5) is 11.4 Å². The van der Waals surface area contributed by atoms with Gasteiger partial charge >= 0.3 is 11.9 Å². The number of aromatic nitrogens is 6. The molecule has 0 aliphatic rings. The number of carbonyl (C=O) groups excluding carboxylic acids is 1. The Bertz CT molecular complexity index is 1700. The molecule has 0 amide bonds. The zero-order chi connectivity index (χ0) is 29.9. The summed E-state index contributed by atoms with van der Waals surface area (Å²) in [7, 11) is 0. The van der Waals surface area contributed by atoms with E-state index in [2.05, 4.69) is 29.9 Å². The lowest BCUT2D eigenvalue weighted by atomic mass is 10.1. The minimum absolute atomic E-state index is 0.164. The standard InChI is InChI=1S/C16H16N4O2.C13H10N4O2/c1-11(2)22-15(21)5-6-20-10-18-16(19-20)13-7-12(3)8-14(9-13)17-4;1-9-5-10(7-11(6-9)14-2)13-15-8-17(16-13)4-3-12(18)19/h5-11H,1-3H3;3-8H,1H3,(H,18,19)/b6-5-;4-3-. The van der Waals surface area contributed by atoms with Crippen LogP contribution in [0.3, 0.4) is 0 Å². The van der Waals surface area contributed by atoms with E-state index < -0.39 is 11.9 Å². The van der Waals surface area contributed by atoms with Gasteiger partial charge in [0, 0.05) is 35.7 Å². The van der Waals surface area contributed by atoms with Crippen LogP contribution in [0.25, 0.3) is 44.9 Å². The van der Waals surface area contributed by atoms with Crippen molar-refractivity contribution in [3.8, 4) is 22.8 Å². The summed E-state index contributed by atoms with van der Waals surface area (Å²) < 4.78 is 7.73. The molecule has 0 atom stereocenters. The van der Waals surface area contributed by atoms with E-state index >= 15 is 0 Å². The molecule has 2 heterocycles. The van der Waals surface area contributed by atoms with E-state index in [4.69, 9.17) is 23.0 Å². The molecule has 0 saturated carbocycles. The number of ether oxygens (including phenoxy) is 1. The van der Waals surface area contributed by atoms with Crippen molar-refractivity contribution in [2.24, 2.45) is 0 Å². The summed E-state index contributed by atoms with van der Waals surface area (Å²) in [5.41, 5.74) is 4.48. The fourth-order valence-corrected chi connectivity index (χ4v) is 3.42. The Balaban J connectivity index is 0.000000228. The van der Waals surface area contributed by atoms with E-state index in [1.54, 1.807) is 38.1 Å². The molecule has 1 N–H and O–H groups in total. The summed E-state index contributed by atoms with van der Waals surface area (Å²) in [5.74, 6) is -0.542. The van der Waals surface area contributed by atoms with Gasteiger partial charge < -0.3 is 9.84 Å². The summed E-state index contributed by atoms with van der Waals surface area (Å²) in [5, 5.41) is 16.9. The van der Waals surface area contributed by atoms with Crippen LogP contribution in [0.2, 0.25) is 0 Å². The van der Waals surface area contributed by atoms with E-state index in [1.165, 1.54) is 40.5 Å². The summed E-state index contributed by atoms with van der Waals surface area (Å²) in [4.78, 5) is 36.9. The predicted octanol–water partition coefficient (Wildman–Crippen LogP) is 5.59. The molecule has 0 aliphatic heterocycles. The number of hydrogen-bond donors (Lipinski definition) is 1. The van der Waals surface area contributed by atoms with E-state index in [0.717, 1.165) is 28.3 Å². The van der Waals surface area contributed by atoms with Crippen LogP contribution < -0.4 is 0 Å². The Kier molecular flexibility index (Phi) is 9.97. The summed E-state index contributed by atoms with van der Waals surface area (Å²) >= 11 is 0. The van der Waals surface area contributed by atoms with E-state index in [1.807, 2.05) is 26.0 Å². The molecule has 206 valence electrons. The Hall–Kier alpha value is -5.88. The van der Waals surface area contributed by atoms with Gasteiger partial charge in [0.2, 0.25) is 0 Å². The molecule has 41 heavy (non-hydrogen) atoms. The number of nitrogens with zero attached hydrogens (tertiary/aromatic N) is 8. The van der Waals surface area contributed by atoms with E-state index in [-0.39, 0.29) is 6.10 Å². The maximum absolute atomic E-state index is 11.4. The molecule has 0 spiro atoms.